The van der Waals surface area contributed by atoms with Gasteiger partial charge < -0.3 is 15.4 Å². The Bertz CT molecular complexity index is 160. The largest absolute Gasteiger partial charge is 0.449 e. The van der Waals surface area contributed by atoms with Gasteiger partial charge in [-0.3, -0.25) is 0 Å². The summed E-state index contributed by atoms with van der Waals surface area (Å²) in [5, 5.41) is 5.94. The second kappa shape index (κ2) is 2.12. The van der Waals surface area contributed by atoms with Crippen LogP contribution in [0.25, 0.3) is 0 Å². The van der Waals surface area contributed by atoms with Gasteiger partial charge in [-0.15, -0.1) is 0 Å². The predicted molar refractivity (Wildman–Crippen MR) is 34.6 cm³/mol. The van der Waals surface area contributed by atoms with Crippen LogP contribution in [-0.4, -0.2) is 31.8 Å². The molecule has 0 aliphatic carbocycles. The molecule has 4 nitrogen and oxygen atoms in total. The minimum Gasteiger partial charge on any atom is -0.449 e. The number of carbonyl (C=O) groups is 1. The molecule has 2 N–H and O–H groups in total. The lowest BCUT2D eigenvalue weighted by Crippen LogP contribution is -2.47. The second-order valence-corrected chi connectivity index (χ2v) is 2.77. The van der Waals surface area contributed by atoms with E-state index in [4.69, 9.17) is 4.74 Å². The number of amides is 1. The topological polar surface area (TPSA) is 50.4 Å². The Morgan fingerprint density at radius 2 is 2.40 bits per heavy atom. The summed E-state index contributed by atoms with van der Waals surface area (Å²) in [5.74, 6) is 0.484. The van der Waals surface area contributed by atoms with E-state index in [0.717, 1.165) is 13.1 Å². The van der Waals surface area contributed by atoms with Gasteiger partial charge in [0, 0.05) is 19.0 Å². The molecule has 4 heteroatoms. The van der Waals surface area contributed by atoms with Gasteiger partial charge in [0.15, 0.2) is 0 Å². The SMILES string of the molecule is O=C1NC2CNCC2CO1. The third-order valence-corrected chi connectivity index (χ3v) is 2.07. The first-order valence-corrected chi connectivity index (χ1v) is 3.50. The summed E-state index contributed by atoms with van der Waals surface area (Å²) < 4.78 is 4.80. The van der Waals surface area contributed by atoms with Gasteiger partial charge in [-0.25, -0.2) is 4.79 Å². The van der Waals surface area contributed by atoms with Crippen LogP contribution in [0.4, 0.5) is 4.79 Å². The van der Waals surface area contributed by atoms with Crippen molar-refractivity contribution in [2.75, 3.05) is 19.7 Å². The van der Waals surface area contributed by atoms with Gasteiger partial charge in [0.25, 0.3) is 0 Å². The Hall–Kier alpha value is -0.770. The zero-order chi connectivity index (χ0) is 6.97. The van der Waals surface area contributed by atoms with Gasteiger partial charge in [-0.1, -0.05) is 0 Å². The number of cyclic esters (lactones) is 1. The van der Waals surface area contributed by atoms with E-state index in [1.165, 1.54) is 0 Å². The van der Waals surface area contributed by atoms with Crippen molar-refractivity contribution in [1.82, 2.24) is 10.6 Å². The fraction of sp³-hybridized carbons (Fsp3) is 0.833. The lowest BCUT2D eigenvalue weighted by molar-refractivity contribution is 0.0951. The molecule has 2 fully saturated rings. The number of hydrogen-bond donors (Lipinski definition) is 2. The van der Waals surface area contributed by atoms with Crippen molar-refractivity contribution in [3.8, 4) is 0 Å². The molecule has 1 amide bonds. The maximum absolute atomic E-state index is 10.6. The average Bonchev–Trinajstić information content (AvgIpc) is 2.33. The summed E-state index contributed by atoms with van der Waals surface area (Å²) >= 11 is 0. The predicted octanol–water partition coefficient (Wildman–Crippen LogP) is -0.686. The van der Waals surface area contributed by atoms with E-state index in [0.29, 0.717) is 18.6 Å². The van der Waals surface area contributed by atoms with Crippen LogP contribution in [0, 0.1) is 5.92 Å². The van der Waals surface area contributed by atoms with Crippen molar-refractivity contribution < 1.29 is 9.53 Å². The Labute approximate surface area is 58.9 Å². The smallest absolute Gasteiger partial charge is 0.407 e. The maximum atomic E-state index is 10.6. The van der Waals surface area contributed by atoms with Crippen molar-refractivity contribution in [2.45, 2.75) is 6.04 Å². The third kappa shape index (κ3) is 0.844. The summed E-state index contributed by atoms with van der Waals surface area (Å²) in [6.45, 7) is 2.42. The van der Waals surface area contributed by atoms with E-state index in [9.17, 15) is 4.79 Å². The van der Waals surface area contributed by atoms with Crippen LogP contribution in [0.15, 0.2) is 0 Å². The summed E-state index contributed by atoms with van der Waals surface area (Å²) in [6, 6.07) is 0.307. The number of fused-ring (bicyclic) bond motifs is 1. The zero-order valence-corrected chi connectivity index (χ0v) is 5.59. The number of hydrogen-bond acceptors (Lipinski definition) is 3. The van der Waals surface area contributed by atoms with E-state index >= 15 is 0 Å². The Morgan fingerprint density at radius 3 is 3.30 bits per heavy atom. The number of carbonyl (C=O) groups excluding carboxylic acids is 1. The number of nitrogens with one attached hydrogen (secondary N) is 2. The molecular weight excluding hydrogens is 132 g/mol. The molecular formula is C6H10N2O2. The average molecular weight is 142 g/mol. The first-order valence-electron chi connectivity index (χ1n) is 3.50. The molecule has 0 saturated carbocycles. The van der Waals surface area contributed by atoms with Crippen LogP contribution in [0.3, 0.4) is 0 Å². The minimum atomic E-state index is -0.273. The molecule has 2 unspecified atom stereocenters. The molecule has 0 spiro atoms. The molecule has 0 aromatic rings. The molecule has 56 valence electrons. The highest BCUT2D eigenvalue weighted by Crippen LogP contribution is 2.13. The lowest BCUT2D eigenvalue weighted by atomic mass is 10.0. The van der Waals surface area contributed by atoms with Gasteiger partial charge >= 0.3 is 6.09 Å². The van der Waals surface area contributed by atoms with Gasteiger partial charge in [0.2, 0.25) is 0 Å². The Morgan fingerprint density at radius 1 is 1.50 bits per heavy atom. The second-order valence-electron chi connectivity index (χ2n) is 2.77. The first-order chi connectivity index (χ1) is 4.86. The molecule has 2 aliphatic heterocycles. The van der Waals surface area contributed by atoms with Gasteiger partial charge in [-0.05, 0) is 0 Å². The summed E-state index contributed by atoms with van der Waals surface area (Å²) in [6.07, 6.45) is -0.273. The molecule has 0 aromatic heterocycles. The van der Waals surface area contributed by atoms with Crippen LogP contribution < -0.4 is 10.6 Å². The van der Waals surface area contributed by atoms with Gasteiger partial charge in [0.05, 0.1) is 12.6 Å². The van der Waals surface area contributed by atoms with E-state index in [-0.39, 0.29) is 6.09 Å². The molecule has 2 heterocycles. The van der Waals surface area contributed by atoms with E-state index in [1.54, 1.807) is 0 Å². The van der Waals surface area contributed by atoms with Crippen molar-refractivity contribution in [1.29, 1.82) is 0 Å². The van der Waals surface area contributed by atoms with Crippen LogP contribution >= 0.6 is 0 Å². The van der Waals surface area contributed by atoms with Crippen LogP contribution in [0.5, 0.6) is 0 Å². The third-order valence-electron chi connectivity index (χ3n) is 2.07. The van der Waals surface area contributed by atoms with Crippen molar-refractivity contribution in [3.05, 3.63) is 0 Å². The van der Waals surface area contributed by atoms with Crippen molar-refractivity contribution >= 4 is 6.09 Å². The van der Waals surface area contributed by atoms with Crippen molar-refractivity contribution in [2.24, 2.45) is 5.92 Å². The fourth-order valence-electron chi connectivity index (χ4n) is 1.45. The van der Waals surface area contributed by atoms with Crippen LogP contribution in [0.2, 0.25) is 0 Å². The Kier molecular flexibility index (Phi) is 1.27. The normalized spacial score (nSPS) is 38.2. The van der Waals surface area contributed by atoms with Crippen LogP contribution in [0.1, 0.15) is 0 Å². The van der Waals surface area contributed by atoms with Crippen molar-refractivity contribution in [3.63, 3.8) is 0 Å². The van der Waals surface area contributed by atoms with Crippen LogP contribution in [-0.2, 0) is 4.74 Å². The fourth-order valence-corrected chi connectivity index (χ4v) is 1.45. The Balaban J connectivity index is 2.03. The monoisotopic (exact) mass is 142 g/mol. The van der Waals surface area contributed by atoms with E-state index in [1.807, 2.05) is 0 Å². The van der Waals surface area contributed by atoms with Gasteiger partial charge in [0.1, 0.15) is 0 Å². The minimum absolute atomic E-state index is 0.273. The highest BCUT2D eigenvalue weighted by atomic mass is 16.6. The highest BCUT2D eigenvalue weighted by Gasteiger charge is 2.33. The summed E-state index contributed by atoms with van der Waals surface area (Å²) in [4.78, 5) is 10.6. The van der Waals surface area contributed by atoms with E-state index < -0.39 is 0 Å². The number of rotatable bonds is 0. The van der Waals surface area contributed by atoms with Gasteiger partial charge in [-0.2, -0.15) is 0 Å². The molecule has 2 atom stereocenters. The standard InChI is InChI=1S/C6H10N2O2/c9-6-8-5-2-7-1-4(5)3-10-6/h4-5,7H,1-3H2,(H,8,9). The molecule has 0 bridgehead atoms. The summed E-state index contributed by atoms with van der Waals surface area (Å²) in [7, 11) is 0. The molecule has 2 saturated heterocycles. The molecule has 10 heavy (non-hydrogen) atoms. The maximum Gasteiger partial charge on any atom is 0.407 e. The molecule has 0 radical (unpaired) electrons. The molecule has 0 aromatic carbocycles. The number of ether oxygens (including phenoxy) is 1. The first kappa shape index (κ1) is 5.97. The quantitative estimate of drug-likeness (QED) is 0.471. The molecule has 2 aliphatic rings. The molecule has 2 rings (SSSR count). The zero-order valence-electron chi connectivity index (χ0n) is 5.59. The summed E-state index contributed by atoms with van der Waals surface area (Å²) in [5.41, 5.74) is 0. The van der Waals surface area contributed by atoms with E-state index in [2.05, 4.69) is 10.6 Å². The highest BCUT2D eigenvalue weighted by molar-refractivity contribution is 5.68. The lowest BCUT2D eigenvalue weighted by Gasteiger charge is -2.24. The number of alkyl carbamates (subject to hydrolysis) is 1.